The Morgan fingerprint density at radius 3 is 2.55 bits per heavy atom. The number of halogens is 2. The van der Waals surface area contributed by atoms with Crippen LogP contribution in [0.25, 0.3) is 0 Å². The Morgan fingerprint density at radius 1 is 1.06 bits per heavy atom. The molecule has 0 spiro atoms. The molecule has 33 heavy (non-hydrogen) atoms. The van der Waals surface area contributed by atoms with E-state index in [1.807, 2.05) is 48.5 Å². The molecule has 8 heteroatoms. The molecule has 3 aromatic carbocycles. The first-order valence-corrected chi connectivity index (χ1v) is 11.1. The second-order valence-corrected chi connectivity index (χ2v) is 8.35. The Morgan fingerprint density at radius 2 is 1.79 bits per heavy atom. The molecule has 0 unspecified atom stereocenters. The number of hydrogen-bond acceptors (Lipinski definition) is 4. The summed E-state index contributed by atoms with van der Waals surface area (Å²) in [6.45, 7) is 0.557. The molecule has 0 saturated carbocycles. The first kappa shape index (κ1) is 22.8. The average Bonchev–Trinajstić information content (AvgIpc) is 3.21. The molecule has 0 aliphatic carbocycles. The van der Waals surface area contributed by atoms with Gasteiger partial charge in [-0.1, -0.05) is 59.6 Å². The van der Waals surface area contributed by atoms with E-state index in [2.05, 4.69) is 10.5 Å². The standard InChI is InChI=1S/C25H21Cl2N3O3/c26-22-10-5-11-23(27)21(22)16-33-20-9-4-6-17(12-20)14-28-29-25(32)18-13-24(31)30(15-18)19-7-2-1-3-8-19/h1-12,14,18H,13,15-16H2,(H,29,32)/b28-14-/t18-/m0/s1. The van der Waals surface area contributed by atoms with E-state index in [-0.39, 0.29) is 24.8 Å². The number of carbonyl (C=O) groups is 2. The zero-order valence-electron chi connectivity index (χ0n) is 17.6. The number of hydrazone groups is 1. The topological polar surface area (TPSA) is 71.0 Å². The molecular formula is C25H21Cl2N3O3. The highest BCUT2D eigenvalue weighted by Gasteiger charge is 2.35. The SMILES string of the molecule is O=C(N/N=C\c1cccc(OCc2c(Cl)cccc2Cl)c1)[C@H]1CC(=O)N(c2ccccc2)C1. The number of nitrogens with one attached hydrogen (secondary N) is 1. The molecule has 3 aromatic rings. The predicted octanol–water partition coefficient (Wildman–Crippen LogP) is 5.08. The highest BCUT2D eigenvalue weighted by atomic mass is 35.5. The lowest BCUT2D eigenvalue weighted by Gasteiger charge is -2.16. The fraction of sp³-hybridized carbons (Fsp3) is 0.160. The van der Waals surface area contributed by atoms with Crippen LogP contribution in [0.15, 0.2) is 77.9 Å². The first-order chi connectivity index (χ1) is 16.0. The van der Waals surface area contributed by atoms with E-state index >= 15 is 0 Å². The lowest BCUT2D eigenvalue weighted by atomic mass is 10.1. The molecule has 1 fully saturated rings. The molecule has 4 rings (SSSR count). The van der Waals surface area contributed by atoms with E-state index in [1.54, 1.807) is 29.2 Å². The monoisotopic (exact) mass is 481 g/mol. The Hall–Kier alpha value is -3.35. The summed E-state index contributed by atoms with van der Waals surface area (Å²) >= 11 is 12.4. The summed E-state index contributed by atoms with van der Waals surface area (Å²) < 4.78 is 5.81. The van der Waals surface area contributed by atoms with E-state index in [9.17, 15) is 9.59 Å². The number of amides is 2. The Labute approximate surface area is 201 Å². The summed E-state index contributed by atoms with van der Waals surface area (Å²) in [7, 11) is 0. The van der Waals surface area contributed by atoms with Crippen LogP contribution in [0.3, 0.4) is 0 Å². The zero-order chi connectivity index (χ0) is 23.2. The van der Waals surface area contributed by atoms with Crippen LogP contribution < -0.4 is 15.1 Å². The van der Waals surface area contributed by atoms with Crippen LogP contribution >= 0.6 is 23.2 Å². The van der Waals surface area contributed by atoms with Crippen molar-refractivity contribution in [3.8, 4) is 5.75 Å². The Bertz CT molecular complexity index is 1160. The minimum atomic E-state index is -0.454. The quantitative estimate of drug-likeness (QED) is 0.378. The summed E-state index contributed by atoms with van der Waals surface area (Å²) in [5.74, 6) is -0.210. The van der Waals surface area contributed by atoms with Crippen LogP contribution in [0, 0.1) is 5.92 Å². The van der Waals surface area contributed by atoms with Crippen molar-refractivity contribution in [1.82, 2.24) is 5.43 Å². The average molecular weight is 482 g/mol. The van der Waals surface area contributed by atoms with Gasteiger partial charge in [-0.05, 0) is 42.0 Å². The number of benzene rings is 3. The summed E-state index contributed by atoms with van der Waals surface area (Å²) in [6, 6.07) is 21.9. The minimum absolute atomic E-state index is 0.0752. The van der Waals surface area contributed by atoms with Crippen molar-refractivity contribution in [3.63, 3.8) is 0 Å². The Balaban J connectivity index is 1.32. The molecule has 6 nitrogen and oxygen atoms in total. The van der Waals surface area contributed by atoms with E-state index in [0.29, 0.717) is 27.9 Å². The number of nitrogens with zero attached hydrogens (tertiary/aromatic N) is 2. The van der Waals surface area contributed by atoms with Crippen LogP contribution in [0.5, 0.6) is 5.75 Å². The molecule has 1 N–H and O–H groups in total. The number of ether oxygens (including phenoxy) is 1. The maximum absolute atomic E-state index is 12.5. The molecule has 168 valence electrons. The van der Waals surface area contributed by atoms with Gasteiger partial charge in [0.1, 0.15) is 12.4 Å². The number of rotatable bonds is 7. The van der Waals surface area contributed by atoms with Crippen molar-refractivity contribution in [2.24, 2.45) is 11.0 Å². The second kappa shape index (κ2) is 10.5. The van der Waals surface area contributed by atoms with Gasteiger partial charge in [0.05, 0.1) is 12.1 Å². The Kier molecular flexibility index (Phi) is 7.27. The molecular weight excluding hydrogens is 461 g/mol. The van der Waals surface area contributed by atoms with Crippen LogP contribution in [-0.2, 0) is 16.2 Å². The van der Waals surface area contributed by atoms with Gasteiger partial charge in [0.15, 0.2) is 0 Å². The first-order valence-electron chi connectivity index (χ1n) is 10.4. The van der Waals surface area contributed by atoms with E-state index in [0.717, 1.165) is 11.3 Å². The minimum Gasteiger partial charge on any atom is -0.489 e. The van der Waals surface area contributed by atoms with Crippen LogP contribution in [0.2, 0.25) is 10.0 Å². The fourth-order valence-corrected chi connectivity index (χ4v) is 4.02. The maximum atomic E-state index is 12.5. The van der Waals surface area contributed by atoms with Gasteiger partial charge in [0, 0.05) is 34.3 Å². The van der Waals surface area contributed by atoms with Crippen molar-refractivity contribution in [2.45, 2.75) is 13.0 Å². The summed E-state index contributed by atoms with van der Waals surface area (Å²) in [5.41, 5.74) is 4.77. The van der Waals surface area contributed by atoms with Crippen molar-refractivity contribution in [2.75, 3.05) is 11.4 Å². The van der Waals surface area contributed by atoms with Gasteiger partial charge >= 0.3 is 0 Å². The van der Waals surface area contributed by atoms with Gasteiger partial charge < -0.3 is 9.64 Å². The van der Waals surface area contributed by atoms with Gasteiger partial charge in [0.25, 0.3) is 0 Å². The van der Waals surface area contributed by atoms with Gasteiger partial charge in [-0.2, -0.15) is 5.10 Å². The molecule has 1 heterocycles. The number of anilines is 1. The van der Waals surface area contributed by atoms with Crippen LogP contribution in [0.4, 0.5) is 5.69 Å². The summed E-state index contributed by atoms with van der Waals surface area (Å²) in [4.78, 5) is 26.4. The molecule has 1 saturated heterocycles. The molecule has 1 atom stereocenters. The lowest BCUT2D eigenvalue weighted by molar-refractivity contribution is -0.126. The van der Waals surface area contributed by atoms with Crippen LogP contribution in [0.1, 0.15) is 17.5 Å². The van der Waals surface area contributed by atoms with Crippen molar-refractivity contribution in [3.05, 3.63) is 94.0 Å². The molecule has 0 radical (unpaired) electrons. The molecule has 1 aliphatic heterocycles. The second-order valence-electron chi connectivity index (χ2n) is 7.54. The summed E-state index contributed by atoms with van der Waals surface area (Å²) in [6.07, 6.45) is 1.68. The van der Waals surface area contributed by atoms with Crippen molar-refractivity contribution < 1.29 is 14.3 Å². The molecule has 2 amide bonds. The maximum Gasteiger partial charge on any atom is 0.245 e. The van der Waals surface area contributed by atoms with Gasteiger partial charge in [-0.25, -0.2) is 5.43 Å². The third-order valence-electron chi connectivity index (χ3n) is 5.26. The van der Waals surface area contributed by atoms with Gasteiger partial charge in [-0.3, -0.25) is 9.59 Å². The predicted molar refractivity (Wildman–Crippen MR) is 130 cm³/mol. The van der Waals surface area contributed by atoms with Crippen molar-refractivity contribution in [1.29, 1.82) is 0 Å². The highest BCUT2D eigenvalue weighted by molar-refractivity contribution is 6.35. The van der Waals surface area contributed by atoms with E-state index < -0.39 is 5.92 Å². The lowest BCUT2D eigenvalue weighted by Crippen LogP contribution is -2.30. The number of para-hydroxylation sites is 1. The fourth-order valence-electron chi connectivity index (χ4n) is 3.51. The molecule has 1 aliphatic rings. The largest absolute Gasteiger partial charge is 0.489 e. The van der Waals surface area contributed by atoms with E-state index in [4.69, 9.17) is 27.9 Å². The number of carbonyl (C=O) groups excluding carboxylic acids is 2. The highest BCUT2D eigenvalue weighted by Crippen LogP contribution is 2.26. The van der Waals surface area contributed by atoms with Gasteiger partial charge in [-0.15, -0.1) is 0 Å². The molecule has 0 aromatic heterocycles. The third kappa shape index (κ3) is 5.72. The zero-order valence-corrected chi connectivity index (χ0v) is 19.1. The van der Waals surface area contributed by atoms with Gasteiger partial charge in [0.2, 0.25) is 11.8 Å². The van der Waals surface area contributed by atoms with E-state index in [1.165, 1.54) is 6.21 Å². The van der Waals surface area contributed by atoms with Crippen LogP contribution in [-0.4, -0.2) is 24.6 Å². The summed E-state index contributed by atoms with van der Waals surface area (Å²) in [5, 5.41) is 5.13. The third-order valence-corrected chi connectivity index (χ3v) is 5.96. The normalized spacial score (nSPS) is 15.8. The van der Waals surface area contributed by atoms with Crippen molar-refractivity contribution >= 4 is 46.9 Å². The molecule has 0 bridgehead atoms. The smallest absolute Gasteiger partial charge is 0.245 e. The number of hydrogen-bond donors (Lipinski definition) is 1.